The largest absolute Gasteiger partial charge is 0.351 e. The fourth-order valence-corrected chi connectivity index (χ4v) is 4.95. The van der Waals surface area contributed by atoms with Crippen molar-refractivity contribution in [3.63, 3.8) is 0 Å². The molecule has 0 bridgehead atoms. The Hall–Kier alpha value is -2.45. The van der Waals surface area contributed by atoms with Crippen LogP contribution in [0.2, 0.25) is 0 Å². The van der Waals surface area contributed by atoms with Crippen LogP contribution in [0.15, 0.2) is 46.2 Å². The summed E-state index contributed by atoms with van der Waals surface area (Å²) in [6, 6.07) is 10.5. The third-order valence-electron chi connectivity index (χ3n) is 4.86. The molecule has 2 aromatic heterocycles. The minimum absolute atomic E-state index is 0.203. The molecule has 3 heterocycles. The SMILES string of the molecule is CCc1cc(C)n2nc(N3CCNCC3)c(S(=O)(=O)c3ccccc3)c2n1. The van der Waals surface area contributed by atoms with E-state index in [1.165, 1.54) is 0 Å². The number of sulfone groups is 1. The van der Waals surface area contributed by atoms with Crippen molar-refractivity contribution in [3.8, 4) is 0 Å². The lowest BCUT2D eigenvalue weighted by Crippen LogP contribution is -2.44. The van der Waals surface area contributed by atoms with Crippen LogP contribution in [0.5, 0.6) is 0 Å². The van der Waals surface area contributed by atoms with E-state index in [1.807, 2.05) is 30.9 Å². The van der Waals surface area contributed by atoms with Crippen molar-refractivity contribution in [3.05, 3.63) is 47.8 Å². The van der Waals surface area contributed by atoms with E-state index in [0.29, 0.717) is 24.6 Å². The van der Waals surface area contributed by atoms with Crippen molar-refractivity contribution in [2.75, 3.05) is 31.1 Å². The number of hydrogen-bond acceptors (Lipinski definition) is 6. The number of anilines is 1. The van der Waals surface area contributed by atoms with Crippen LogP contribution in [0.3, 0.4) is 0 Å². The third kappa shape index (κ3) is 3.08. The number of rotatable bonds is 4. The molecule has 0 amide bonds. The highest BCUT2D eigenvalue weighted by molar-refractivity contribution is 7.91. The van der Waals surface area contributed by atoms with Gasteiger partial charge in [-0.2, -0.15) is 0 Å². The first kappa shape index (κ1) is 17.9. The lowest BCUT2D eigenvalue weighted by Gasteiger charge is -2.27. The van der Waals surface area contributed by atoms with Crippen LogP contribution in [0, 0.1) is 6.92 Å². The predicted octanol–water partition coefficient (Wildman–Crippen LogP) is 1.84. The quantitative estimate of drug-likeness (QED) is 0.738. The summed E-state index contributed by atoms with van der Waals surface area (Å²) in [7, 11) is -3.75. The zero-order valence-corrected chi connectivity index (χ0v) is 16.3. The first-order valence-electron chi connectivity index (χ1n) is 9.17. The number of piperazine rings is 1. The molecule has 0 spiro atoms. The van der Waals surface area contributed by atoms with Gasteiger partial charge in [0.15, 0.2) is 16.4 Å². The van der Waals surface area contributed by atoms with Gasteiger partial charge in [0.2, 0.25) is 9.84 Å². The van der Waals surface area contributed by atoms with Gasteiger partial charge in [-0.3, -0.25) is 0 Å². The van der Waals surface area contributed by atoms with Crippen molar-refractivity contribution >= 4 is 21.3 Å². The predicted molar refractivity (Wildman–Crippen MR) is 104 cm³/mol. The molecule has 1 saturated heterocycles. The Labute approximate surface area is 158 Å². The van der Waals surface area contributed by atoms with Gasteiger partial charge in [-0.1, -0.05) is 25.1 Å². The molecule has 1 N–H and O–H groups in total. The molecular weight excluding hydrogens is 362 g/mol. The van der Waals surface area contributed by atoms with Crippen LogP contribution in [0.4, 0.5) is 5.82 Å². The standard InChI is InChI=1S/C19H23N5O2S/c1-3-15-13-14(2)24-18(21-15)17(19(22-24)23-11-9-20-10-12-23)27(25,26)16-7-5-4-6-8-16/h4-8,13,20H,3,9-12H2,1-2H3. The monoisotopic (exact) mass is 385 g/mol. The fourth-order valence-electron chi connectivity index (χ4n) is 3.42. The molecule has 1 aliphatic rings. The summed E-state index contributed by atoms with van der Waals surface area (Å²) in [6.45, 7) is 6.96. The molecule has 0 radical (unpaired) electrons. The number of aryl methyl sites for hydroxylation is 2. The van der Waals surface area contributed by atoms with E-state index in [2.05, 4.69) is 15.4 Å². The molecule has 1 fully saturated rings. The Balaban J connectivity index is 2.02. The fraction of sp³-hybridized carbons (Fsp3) is 0.368. The summed E-state index contributed by atoms with van der Waals surface area (Å²) >= 11 is 0. The number of hydrogen-bond donors (Lipinski definition) is 1. The average Bonchev–Trinajstić information content (AvgIpc) is 3.10. The van der Waals surface area contributed by atoms with Crippen LogP contribution in [0.1, 0.15) is 18.3 Å². The summed E-state index contributed by atoms with van der Waals surface area (Å²) in [6.07, 6.45) is 0.732. The molecule has 0 unspecified atom stereocenters. The Morgan fingerprint density at radius 3 is 2.52 bits per heavy atom. The number of benzene rings is 1. The third-order valence-corrected chi connectivity index (χ3v) is 6.66. The van der Waals surface area contributed by atoms with Crippen molar-refractivity contribution in [1.82, 2.24) is 19.9 Å². The molecule has 3 aromatic rings. The molecule has 8 heteroatoms. The molecule has 142 valence electrons. The Kier molecular flexibility index (Phi) is 4.61. The number of aromatic nitrogens is 3. The van der Waals surface area contributed by atoms with E-state index in [9.17, 15) is 8.42 Å². The second kappa shape index (κ2) is 6.94. The van der Waals surface area contributed by atoms with Gasteiger partial charge >= 0.3 is 0 Å². The highest BCUT2D eigenvalue weighted by atomic mass is 32.2. The highest BCUT2D eigenvalue weighted by Crippen LogP contribution is 2.33. The second-order valence-electron chi connectivity index (χ2n) is 6.68. The molecule has 0 saturated carbocycles. The van der Waals surface area contributed by atoms with Crippen LogP contribution in [-0.2, 0) is 16.3 Å². The van der Waals surface area contributed by atoms with Crippen molar-refractivity contribution < 1.29 is 8.42 Å². The molecule has 0 aliphatic carbocycles. The van der Waals surface area contributed by atoms with Gasteiger partial charge in [0.05, 0.1) is 4.90 Å². The maximum atomic E-state index is 13.5. The zero-order valence-electron chi connectivity index (χ0n) is 15.5. The Bertz CT molecular complexity index is 1070. The minimum Gasteiger partial charge on any atom is -0.351 e. The lowest BCUT2D eigenvalue weighted by molar-refractivity contribution is 0.576. The van der Waals surface area contributed by atoms with Gasteiger partial charge < -0.3 is 10.2 Å². The van der Waals surface area contributed by atoms with Crippen LogP contribution >= 0.6 is 0 Å². The summed E-state index contributed by atoms with van der Waals surface area (Å²) in [4.78, 5) is 7.14. The number of nitrogens with zero attached hydrogens (tertiary/aromatic N) is 4. The van der Waals surface area contributed by atoms with Gasteiger partial charge in [-0.25, -0.2) is 17.9 Å². The van der Waals surface area contributed by atoms with Gasteiger partial charge in [0.1, 0.15) is 0 Å². The first-order valence-corrected chi connectivity index (χ1v) is 10.7. The molecule has 1 aromatic carbocycles. The summed E-state index contributed by atoms with van der Waals surface area (Å²) in [5.74, 6) is 0.490. The molecule has 27 heavy (non-hydrogen) atoms. The second-order valence-corrected chi connectivity index (χ2v) is 8.57. The van der Waals surface area contributed by atoms with Crippen LogP contribution in [0.25, 0.3) is 5.65 Å². The van der Waals surface area contributed by atoms with E-state index in [4.69, 9.17) is 0 Å². The first-order chi connectivity index (χ1) is 13.0. The Morgan fingerprint density at radius 2 is 1.85 bits per heavy atom. The van der Waals surface area contributed by atoms with Crippen molar-refractivity contribution in [1.29, 1.82) is 0 Å². The van der Waals surface area contributed by atoms with E-state index >= 15 is 0 Å². The summed E-state index contributed by atoms with van der Waals surface area (Å²) in [5, 5.41) is 7.97. The number of fused-ring (bicyclic) bond motifs is 1. The van der Waals surface area contributed by atoms with E-state index < -0.39 is 9.84 Å². The van der Waals surface area contributed by atoms with Gasteiger partial charge in [-0.15, -0.1) is 5.10 Å². The van der Waals surface area contributed by atoms with Crippen LogP contribution in [-0.4, -0.2) is 49.2 Å². The molecule has 0 atom stereocenters. The number of nitrogens with one attached hydrogen (secondary N) is 1. The molecule has 1 aliphatic heterocycles. The summed E-state index contributed by atoms with van der Waals surface area (Å²) in [5.41, 5.74) is 2.14. The minimum atomic E-state index is -3.75. The smallest absolute Gasteiger partial charge is 0.214 e. The topological polar surface area (TPSA) is 79.6 Å². The molecular formula is C19H23N5O2S. The van der Waals surface area contributed by atoms with Gasteiger partial charge in [0, 0.05) is 37.6 Å². The van der Waals surface area contributed by atoms with Crippen molar-refractivity contribution in [2.45, 2.75) is 30.1 Å². The van der Waals surface area contributed by atoms with E-state index in [1.54, 1.807) is 28.8 Å². The lowest BCUT2D eigenvalue weighted by atomic mass is 10.3. The van der Waals surface area contributed by atoms with Gasteiger partial charge in [-0.05, 0) is 31.5 Å². The van der Waals surface area contributed by atoms with E-state index in [-0.39, 0.29) is 9.79 Å². The molecule has 7 nitrogen and oxygen atoms in total. The molecule has 4 rings (SSSR count). The summed E-state index contributed by atoms with van der Waals surface area (Å²) < 4.78 is 28.8. The maximum Gasteiger partial charge on any atom is 0.214 e. The van der Waals surface area contributed by atoms with Crippen LogP contribution < -0.4 is 10.2 Å². The highest BCUT2D eigenvalue weighted by Gasteiger charge is 2.32. The normalized spacial score (nSPS) is 15.4. The maximum absolute atomic E-state index is 13.5. The zero-order chi connectivity index (χ0) is 19.0. The van der Waals surface area contributed by atoms with Gasteiger partial charge in [0.25, 0.3) is 0 Å². The average molecular weight is 385 g/mol. The van der Waals surface area contributed by atoms with E-state index in [0.717, 1.165) is 30.9 Å². The Morgan fingerprint density at radius 1 is 1.15 bits per heavy atom. The van der Waals surface area contributed by atoms with Crippen molar-refractivity contribution in [2.24, 2.45) is 0 Å².